The Hall–Kier alpha value is -3.25. The van der Waals surface area contributed by atoms with Gasteiger partial charge in [-0.25, -0.2) is 9.69 Å². The fourth-order valence-electron chi connectivity index (χ4n) is 3.96. The van der Waals surface area contributed by atoms with Gasteiger partial charge < -0.3 is 9.47 Å². The summed E-state index contributed by atoms with van der Waals surface area (Å²) in [6, 6.07) is 14.0. The first kappa shape index (κ1) is 20.0. The van der Waals surface area contributed by atoms with Crippen LogP contribution in [0.25, 0.3) is 6.08 Å². The van der Waals surface area contributed by atoms with Crippen molar-refractivity contribution >= 4 is 29.5 Å². The number of anilines is 1. The Morgan fingerprint density at radius 3 is 2.37 bits per heavy atom. The molecule has 6 heteroatoms. The van der Waals surface area contributed by atoms with Crippen molar-refractivity contribution in [2.75, 3.05) is 18.6 Å². The van der Waals surface area contributed by atoms with Gasteiger partial charge in [0.1, 0.15) is 0 Å². The van der Waals surface area contributed by atoms with Crippen molar-refractivity contribution < 1.29 is 23.9 Å². The molecule has 0 aliphatic carbocycles. The van der Waals surface area contributed by atoms with E-state index in [2.05, 4.69) is 0 Å². The van der Waals surface area contributed by atoms with Crippen LogP contribution in [-0.4, -0.2) is 37.1 Å². The number of hydrogen-bond donors (Lipinski definition) is 0. The van der Waals surface area contributed by atoms with Crippen LogP contribution in [0, 0.1) is 6.92 Å². The highest BCUT2D eigenvalue weighted by Crippen LogP contribution is 2.42. The number of carbonyl (C=O) groups excluding carboxylic acids is 3. The maximum atomic E-state index is 13.4. The summed E-state index contributed by atoms with van der Waals surface area (Å²) < 4.78 is 10.7. The van der Waals surface area contributed by atoms with E-state index in [0.29, 0.717) is 35.4 Å². The van der Waals surface area contributed by atoms with Crippen molar-refractivity contribution in [2.24, 2.45) is 0 Å². The van der Waals surface area contributed by atoms with Gasteiger partial charge in [-0.3, -0.25) is 9.59 Å². The van der Waals surface area contributed by atoms with Crippen molar-refractivity contribution in [3.05, 3.63) is 70.8 Å². The number of nitrogens with zero attached hydrogens (tertiary/aromatic N) is 1. The summed E-state index contributed by atoms with van der Waals surface area (Å²) in [6.45, 7) is 2.38. The van der Waals surface area contributed by atoms with E-state index < -0.39 is 11.6 Å². The van der Waals surface area contributed by atoms with Gasteiger partial charge in [-0.05, 0) is 62.1 Å². The van der Waals surface area contributed by atoms with Gasteiger partial charge in [-0.2, -0.15) is 0 Å². The number of hydrogen-bond acceptors (Lipinski definition) is 5. The maximum Gasteiger partial charge on any atom is 0.337 e. The molecule has 2 saturated heterocycles. The molecule has 0 bridgehead atoms. The smallest absolute Gasteiger partial charge is 0.337 e. The van der Waals surface area contributed by atoms with E-state index in [1.165, 1.54) is 12.0 Å². The minimum atomic E-state index is -1.26. The Morgan fingerprint density at radius 2 is 1.77 bits per heavy atom. The number of carbonyl (C=O) groups is 3. The van der Waals surface area contributed by atoms with Gasteiger partial charge in [-0.15, -0.1) is 0 Å². The van der Waals surface area contributed by atoms with Gasteiger partial charge in [0.15, 0.2) is 5.60 Å². The van der Waals surface area contributed by atoms with E-state index >= 15 is 0 Å². The summed E-state index contributed by atoms with van der Waals surface area (Å²) in [5.41, 5.74) is 1.77. The third kappa shape index (κ3) is 3.33. The van der Waals surface area contributed by atoms with Gasteiger partial charge in [0, 0.05) is 6.61 Å². The van der Waals surface area contributed by atoms with E-state index in [0.717, 1.165) is 18.4 Å². The van der Waals surface area contributed by atoms with Crippen LogP contribution in [0.15, 0.2) is 54.1 Å². The van der Waals surface area contributed by atoms with E-state index in [1.807, 2.05) is 19.1 Å². The zero-order valence-electron chi connectivity index (χ0n) is 17.0. The third-order valence-corrected chi connectivity index (χ3v) is 5.62. The topological polar surface area (TPSA) is 72.9 Å². The molecule has 2 amide bonds. The monoisotopic (exact) mass is 405 g/mol. The van der Waals surface area contributed by atoms with Crippen LogP contribution in [-0.2, 0) is 19.1 Å². The number of aryl methyl sites for hydroxylation is 1. The average molecular weight is 405 g/mol. The standard InChI is InChI=1S/C24H23NO5/c1-16-5-11-19(12-6-16)25-21(26)20(24(23(25)28)13-3-4-14-30-24)15-17-7-9-18(10-8-17)22(27)29-2/h5-12,15H,3-4,13-14H2,1-2H3. The molecular weight excluding hydrogens is 382 g/mol. The molecule has 2 fully saturated rings. The van der Waals surface area contributed by atoms with Crippen molar-refractivity contribution in [3.8, 4) is 0 Å². The Labute approximate surface area is 175 Å². The van der Waals surface area contributed by atoms with Crippen LogP contribution < -0.4 is 4.90 Å². The number of benzene rings is 2. The molecule has 1 atom stereocenters. The van der Waals surface area contributed by atoms with Crippen molar-refractivity contribution in [1.82, 2.24) is 0 Å². The zero-order valence-corrected chi connectivity index (χ0v) is 17.0. The lowest BCUT2D eigenvalue weighted by molar-refractivity contribution is -0.140. The summed E-state index contributed by atoms with van der Waals surface area (Å²) in [5, 5.41) is 0. The molecule has 2 heterocycles. The zero-order chi connectivity index (χ0) is 21.3. The molecule has 2 aromatic carbocycles. The summed E-state index contributed by atoms with van der Waals surface area (Å²) in [6.07, 6.45) is 3.82. The molecule has 1 unspecified atom stereocenters. The van der Waals surface area contributed by atoms with Gasteiger partial charge in [-0.1, -0.05) is 29.8 Å². The summed E-state index contributed by atoms with van der Waals surface area (Å²) in [7, 11) is 1.32. The Kier molecular flexibility index (Phi) is 5.26. The third-order valence-electron chi connectivity index (χ3n) is 5.62. The number of methoxy groups -OCH3 is 1. The fourth-order valence-corrected chi connectivity index (χ4v) is 3.96. The van der Waals surface area contributed by atoms with Crippen LogP contribution in [0.2, 0.25) is 0 Å². The molecule has 0 saturated carbocycles. The molecular formula is C24H23NO5. The van der Waals surface area contributed by atoms with Gasteiger partial charge >= 0.3 is 5.97 Å². The molecule has 0 aromatic heterocycles. The number of ether oxygens (including phenoxy) is 2. The van der Waals surface area contributed by atoms with Crippen LogP contribution in [0.4, 0.5) is 5.69 Å². The van der Waals surface area contributed by atoms with E-state index in [4.69, 9.17) is 9.47 Å². The average Bonchev–Trinajstić information content (AvgIpc) is 2.96. The van der Waals surface area contributed by atoms with Gasteiger partial charge in [0.2, 0.25) is 0 Å². The highest BCUT2D eigenvalue weighted by atomic mass is 16.5. The second-order valence-electron chi connectivity index (χ2n) is 7.59. The number of imide groups is 1. The Balaban J connectivity index is 1.76. The van der Waals surface area contributed by atoms with Crippen LogP contribution in [0.3, 0.4) is 0 Å². The van der Waals surface area contributed by atoms with E-state index in [1.54, 1.807) is 42.5 Å². The SMILES string of the molecule is COC(=O)c1ccc(C=C2C(=O)N(c3ccc(C)cc3)C(=O)C23CCCCO3)cc1. The second-order valence-corrected chi connectivity index (χ2v) is 7.59. The first-order valence-electron chi connectivity index (χ1n) is 9.96. The van der Waals surface area contributed by atoms with Crippen molar-refractivity contribution in [3.63, 3.8) is 0 Å². The normalized spacial score (nSPS) is 22.7. The maximum absolute atomic E-state index is 13.4. The van der Waals surface area contributed by atoms with Crippen molar-refractivity contribution in [1.29, 1.82) is 0 Å². The van der Waals surface area contributed by atoms with Crippen LogP contribution in [0.5, 0.6) is 0 Å². The molecule has 154 valence electrons. The molecule has 0 radical (unpaired) electrons. The lowest BCUT2D eigenvalue weighted by atomic mass is 9.86. The predicted octanol–water partition coefficient (Wildman–Crippen LogP) is 3.68. The Bertz CT molecular complexity index is 1010. The molecule has 2 aliphatic heterocycles. The minimum Gasteiger partial charge on any atom is -0.465 e. The fraction of sp³-hybridized carbons (Fsp3) is 0.292. The lowest BCUT2D eigenvalue weighted by Gasteiger charge is -2.32. The minimum absolute atomic E-state index is 0.332. The van der Waals surface area contributed by atoms with E-state index in [9.17, 15) is 14.4 Å². The highest BCUT2D eigenvalue weighted by Gasteiger charge is 2.57. The number of rotatable bonds is 3. The predicted molar refractivity (Wildman–Crippen MR) is 112 cm³/mol. The molecule has 2 aliphatic rings. The summed E-state index contributed by atoms with van der Waals surface area (Å²) in [5.74, 6) is -1.14. The van der Waals surface area contributed by atoms with Crippen LogP contribution >= 0.6 is 0 Å². The second kappa shape index (κ2) is 7.88. The first-order chi connectivity index (χ1) is 14.5. The summed E-state index contributed by atoms with van der Waals surface area (Å²) >= 11 is 0. The molecule has 30 heavy (non-hydrogen) atoms. The van der Waals surface area contributed by atoms with Crippen LogP contribution in [0.1, 0.15) is 40.7 Å². The highest BCUT2D eigenvalue weighted by molar-refractivity contribution is 6.33. The van der Waals surface area contributed by atoms with E-state index in [-0.39, 0.29) is 11.8 Å². The number of amides is 2. The Morgan fingerprint density at radius 1 is 1.07 bits per heavy atom. The van der Waals surface area contributed by atoms with Gasteiger partial charge in [0.25, 0.3) is 11.8 Å². The largest absolute Gasteiger partial charge is 0.465 e. The molecule has 4 rings (SSSR count). The van der Waals surface area contributed by atoms with Gasteiger partial charge in [0.05, 0.1) is 23.9 Å². The van der Waals surface area contributed by atoms with Crippen molar-refractivity contribution in [2.45, 2.75) is 31.8 Å². The first-order valence-corrected chi connectivity index (χ1v) is 9.96. The summed E-state index contributed by atoms with van der Waals surface area (Å²) in [4.78, 5) is 39.7. The molecule has 2 aromatic rings. The molecule has 6 nitrogen and oxygen atoms in total. The quantitative estimate of drug-likeness (QED) is 0.443. The number of esters is 1. The molecule has 0 N–H and O–H groups in total. The lowest BCUT2D eigenvalue weighted by Crippen LogP contribution is -2.45. The molecule has 1 spiro atoms.